The SMILES string of the molecule is COc1ccc(C2=C[C@H](c3ccc([N+](=O)[O-])cc3)n3nnnc3N2)cc1. The third kappa shape index (κ3) is 2.75. The number of aromatic nitrogens is 4. The second kappa shape index (κ2) is 6.28. The van der Waals surface area contributed by atoms with Gasteiger partial charge in [-0.05, 0) is 64.0 Å². The molecule has 2 aromatic carbocycles. The third-order valence-corrected chi connectivity index (χ3v) is 4.17. The summed E-state index contributed by atoms with van der Waals surface area (Å²) in [4.78, 5) is 10.4. The van der Waals surface area contributed by atoms with Crippen molar-refractivity contribution in [3.63, 3.8) is 0 Å². The number of anilines is 1. The average Bonchev–Trinajstić information content (AvgIpc) is 3.16. The Labute approximate surface area is 148 Å². The molecule has 0 spiro atoms. The van der Waals surface area contributed by atoms with Crippen molar-refractivity contribution >= 4 is 17.3 Å². The zero-order valence-corrected chi connectivity index (χ0v) is 13.7. The Bertz CT molecular complexity index is 978. The van der Waals surface area contributed by atoms with Crippen LogP contribution in [0.15, 0.2) is 54.6 Å². The quantitative estimate of drug-likeness (QED) is 0.569. The number of nitrogens with zero attached hydrogens (tertiary/aromatic N) is 5. The van der Waals surface area contributed by atoms with Gasteiger partial charge >= 0.3 is 0 Å². The highest BCUT2D eigenvalue weighted by Gasteiger charge is 2.24. The predicted molar refractivity (Wildman–Crippen MR) is 93.6 cm³/mol. The number of hydrogen-bond acceptors (Lipinski definition) is 7. The summed E-state index contributed by atoms with van der Waals surface area (Å²) in [5.74, 6) is 1.27. The summed E-state index contributed by atoms with van der Waals surface area (Å²) in [6.07, 6.45) is 1.98. The normalized spacial score (nSPS) is 15.6. The van der Waals surface area contributed by atoms with Crippen LogP contribution in [0.3, 0.4) is 0 Å². The van der Waals surface area contributed by atoms with E-state index in [1.807, 2.05) is 30.3 Å². The van der Waals surface area contributed by atoms with E-state index in [0.717, 1.165) is 22.6 Å². The highest BCUT2D eigenvalue weighted by molar-refractivity contribution is 5.77. The first kappa shape index (κ1) is 15.8. The lowest BCUT2D eigenvalue weighted by molar-refractivity contribution is -0.384. The molecule has 9 nitrogen and oxygen atoms in total. The van der Waals surface area contributed by atoms with Gasteiger partial charge in [0, 0.05) is 17.8 Å². The summed E-state index contributed by atoms with van der Waals surface area (Å²) in [5, 5.41) is 25.8. The summed E-state index contributed by atoms with van der Waals surface area (Å²) in [6, 6.07) is 13.7. The lowest BCUT2D eigenvalue weighted by atomic mass is 10.0. The van der Waals surface area contributed by atoms with Crippen LogP contribution in [-0.4, -0.2) is 32.2 Å². The van der Waals surface area contributed by atoms with Gasteiger partial charge in [-0.1, -0.05) is 5.10 Å². The van der Waals surface area contributed by atoms with Crippen molar-refractivity contribution in [2.75, 3.05) is 12.4 Å². The van der Waals surface area contributed by atoms with E-state index in [0.29, 0.717) is 5.95 Å². The molecular formula is C17H14N6O3. The second-order valence-corrected chi connectivity index (χ2v) is 5.67. The molecule has 26 heavy (non-hydrogen) atoms. The Kier molecular flexibility index (Phi) is 3.81. The molecule has 1 aromatic heterocycles. The highest BCUT2D eigenvalue weighted by Crippen LogP contribution is 2.32. The molecule has 1 aliphatic heterocycles. The predicted octanol–water partition coefficient (Wildman–Crippen LogP) is 2.65. The van der Waals surface area contributed by atoms with Gasteiger partial charge in [0.1, 0.15) is 11.8 Å². The van der Waals surface area contributed by atoms with Crippen molar-refractivity contribution in [3.8, 4) is 5.75 Å². The third-order valence-electron chi connectivity index (χ3n) is 4.17. The van der Waals surface area contributed by atoms with Crippen LogP contribution in [0.25, 0.3) is 5.70 Å². The molecule has 0 saturated carbocycles. The standard InChI is InChI=1S/C17H14N6O3/c1-26-14-8-4-11(5-9-14)15-10-16(22-17(18-15)19-20-21-22)12-2-6-13(7-3-12)23(24)25/h2-10,16H,1H3,(H,18,19,21)/t16-/m1/s1. The maximum atomic E-state index is 10.9. The number of ether oxygens (including phenoxy) is 1. The molecule has 0 aliphatic carbocycles. The van der Waals surface area contributed by atoms with E-state index in [-0.39, 0.29) is 11.7 Å². The molecule has 0 amide bonds. The molecule has 3 aromatic rings. The van der Waals surface area contributed by atoms with Crippen molar-refractivity contribution in [2.24, 2.45) is 0 Å². The molecule has 0 radical (unpaired) electrons. The van der Waals surface area contributed by atoms with Crippen molar-refractivity contribution in [1.82, 2.24) is 20.2 Å². The van der Waals surface area contributed by atoms with Gasteiger partial charge in [0.15, 0.2) is 0 Å². The number of non-ortho nitro benzene ring substituents is 1. The van der Waals surface area contributed by atoms with Crippen molar-refractivity contribution < 1.29 is 9.66 Å². The van der Waals surface area contributed by atoms with E-state index in [1.54, 1.807) is 23.9 Å². The highest BCUT2D eigenvalue weighted by atomic mass is 16.6. The number of rotatable bonds is 4. The monoisotopic (exact) mass is 350 g/mol. The van der Waals surface area contributed by atoms with Gasteiger partial charge in [0.25, 0.3) is 5.69 Å². The molecule has 9 heteroatoms. The van der Waals surface area contributed by atoms with E-state index >= 15 is 0 Å². The molecule has 1 aliphatic rings. The Hall–Kier alpha value is -3.75. The number of fused-ring (bicyclic) bond motifs is 1. The molecule has 1 atom stereocenters. The Morgan fingerprint density at radius 1 is 1.15 bits per heavy atom. The first-order valence-corrected chi connectivity index (χ1v) is 7.81. The summed E-state index contributed by atoms with van der Waals surface area (Å²) in [7, 11) is 1.62. The van der Waals surface area contributed by atoms with Crippen LogP contribution in [0.1, 0.15) is 17.2 Å². The number of hydrogen-bond donors (Lipinski definition) is 1. The fourth-order valence-electron chi connectivity index (χ4n) is 2.82. The minimum Gasteiger partial charge on any atom is -0.497 e. The zero-order chi connectivity index (χ0) is 18.1. The van der Waals surface area contributed by atoms with Crippen LogP contribution in [0.2, 0.25) is 0 Å². The lowest BCUT2D eigenvalue weighted by Crippen LogP contribution is -2.20. The topological polar surface area (TPSA) is 108 Å². The van der Waals surface area contributed by atoms with Gasteiger partial charge in [-0.3, -0.25) is 10.1 Å². The molecule has 1 N–H and O–H groups in total. The summed E-state index contributed by atoms with van der Waals surface area (Å²) in [5.41, 5.74) is 2.68. The average molecular weight is 350 g/mol. The van der Waals surface area contributed by atoms with Gasteiger partial charge in [0.05, 0.1) is 12.0 Å². The molecule has 2 heterocycles. The molecule has 0 saturated heterocycles. The van der Waals surface area contributed by atoms with Crippen LogP contribution in [0.4, 0.5) is 11.6 Å². The van der Waals surface area contributed by atoms with Crippen LogP contribution >= 0.6 is 0 Å². The second-order valence-electron chi connectivity index (χ2n) is 5.67. The summed E-state index contributed by atoms with van der Waals surface area (Å²) < 4.78 is 6.82. The maximum Gasteiger partial charge on any atom is 0.269 e. The van der Waals surface area contributed by atoms with E-state index in [1.165, 1.54) is 12.1 Å². The van der Waals surface area contributed by atoms with Gasteiger partial charge in [-0.15, -0.1) is 0 Å². The van der Waals surface area contributed by atoms with Gasteiger partial charge in [-0.25, -0.2) is 0 Å². The Morgan fingerprint density at radius 2 is 1.88 bits per heavy atom. The minimum absolute atomic E-state index is 0.0407. The maximum absolute atomic E-state index is 10.9. The molecule has 130 valence electrons. The van der Waals surface area contributed by atoms with Gasteiger partial charge in [-0.2, -0.15) is 4.68 Å². The van der Waals surface area contributed by atoms with E-state index in [9.17, 15) is 10.1 Å². The van der Waals surface area contributed by atoms with Gasteiger partial charge in [0.2, 0.25) is 5.95 Å². The van der Waals surface area contributed by atoms with E-state index in [2.05, 4.69) is 20.8 Å². The van der Waals surface area contributed by atoms with Crippen molar-refractivity contribution in [1.29, 1.82) is 0 Å². The smallest absolute Gasteiger partial charge is 0.269 e. The summed E-state index contributed by atoms with van der Waals surface area (Å²) in [6.45, 7) is 0. The number of allylic oxidation sites excluding steroid dienone is 1. The number of methoxy groups -OCH3 is 1. The fraction of sp³-hybridized carbons (Fsp3) is 0.118. The number of nitro groups is 1. The number of nitro benzene ring substituents is 1. The molecule has 0 fully saturated rings. The summed E-state index contributed by atoms with van der Waals surface area (Å²) >= 11 is 0. The largest absolute Gasteiger partial charge is 0.497 e. The lowest BCUT2D eigenvalue weighted by Gasteiger charge is -2.23. The first-order chi connectivity index (χ1) is 12.7. The molecule has 4 rings (SSSR count). The van der Waals surface area contributed by atoms with E-state index in [4.69, 9.17) is 4.74 Å². The molecular weight excluding hydrogens is 336 g/mol. The Morgan fingerprint density at radius 3 is 2.54 bits per heavy atom. The fourth-order valence-corrected chi connectivity index (χ4v) is 2.82. The minimum atomic E-state index is -0.423. The molecule has 0 bridgehead atoms. The Balaban J connectivity index is 1.74. The zero-order valence-electron chi connectivity index (χ0n) is 13.7. The number of tetrazole rings is 1. The first-order valence-electron chi connectivity index (χ1n) is 7.81. The van der Waals surface area contributed by atoms with Crippen LogP contribution < -0.4 is 10.1 Å². The van der Waals surface area contributed by atoms with Crippen LogP contribution in [-0.2, 0) is 0 Å². The van der Waals surface area contributed by atoms with Crippen LogP contribution in [0, 0.1) is 10.1 Å². The van der Waals surface area contributed by atoms with Crippen molar-refractivity contribution in [3.05, 3.63) is 75.8 Å². The molecule has 0 unspecified atom stereocenters. The van der Waals surface area contributed by atoms with E-state index < -0.39 is 4.92 Å². The number of nitrogens with one attached hydrogen (secondary N) is 1. The van der Waals surface area contributed by atoms with Crippen LogP contribution in [0.5, 0.6) is 5.75 Å². The van der Waals surface area contributed by atoms with Gasteiger partial charge < -0.3 is 10.1 Å². The van der Waals surface area contributed by atoms with Crippen molar-refractivity contribution in [2.45, 2.75) is 6.04 Å². The number of benzene rings is 2.